The summed E-state index contributed by atoms with van der Waals surface area (Å²) in [5, 5.41) is 10.2. The van der Waals surface area contributed by atoms with Crippen molar-refractivity contribution in [2.45, 2.75) is 39.3 Å². The third kappa shape index (κ3) is 4.02. The molecule has 2 atom stereocenters. The summed E-state index contributed by atoms with van der Waals surface area (Å²) in [5.74, 6) is 1.20. The Balaban J connectivity index is 2.83. The minimum Gasteiger partial charge on any atom is -0.493 e. The lowest BCUT2D eigenvalue weighted by molar-refractivity contribution is 0.131. The zero-order chi connectivity index (χ0) is 12.8. The Kier molecular flexibility index (Phi) is 5.45. The largest absolute Gasteiger partial charge is 0.493 e. The molecule has 1 rings (SSSR count). The van der Waals surface area contributed by atoms with E-state index in [1.807, 2.05) is 31.2 Å². The number of hydrogen-bond donors (Lipinski definition) is 2. The fourth-order valence-electron chi connectivity index (χ4n) is 1.92. The maximum absolute atomic E-state index is 10.2. The van der Waals surface area contributed by atoms with E-state index in [-0.39, 0.29) is 6.04 Å². The van der Waals surface area contributed by atoms with Crippen LogP contribution in [0.1, 0.15) is 38.9 Å². The molecule has 0 aromatic heterocycles. The Morgan fingerprint density at radius 2 is 1.94 bits per heavy atom. The molecule has 0 heterocycles. The third-order valence-electron chi connectivity index (χ3n) is 2.69. The molecule has 0 fully saturated rings. The fourth-order valence-corrected chi connectivity index (χ4v) is 1.92. The average molecular weight is 237 g/mol. The van der Waals surface area contributed by atoms with E-state index in [0.717, 1.165) is 17.7 Å². The molecule has 17 heavy (non-hydrogen) atoms. The van der Waals surface area contributed by atoms with Crippen LogP contribution in [0.4, 0.5) is 0 Å². The summed E-state index contributed by atoms with van der Waals surface area (Å²) >= 11 is 0. The van der Waals surface area contributed by atoms with Gasteiger partial charge in [0.05, 0.1) is 12.7 Å². The molecule has 2 unspecified atom stereocenters. The van der Waals surface area contributed by atoms with Crippen LogP contribution in [0.2, 0.25) is 0 Å². The van der Waals surface area contributed by atoms with Crippen molar-refractivity contribution in [1.29, 1.82) is 0 Å². The first-order valence-electron chi connectivity index (χ1n) is 6.21. The molecule has 0 bridgehead atoms. The van der Waals surface area contributed by atoms with E-state index in [9.17, 15) is 5.11 Å². The Labute approximate surface area is 104 Å². The third-order valence-corrected chi connectivity index (χ3v) is 2.69. The Hall–Kier alpha value is -1.06. The van der Waals surface area contributed by atoms with Crippen LogP contribution in [-0.4, -0.2) is 17.8 Å². The zero-order valence-electron chi connectivity index (χ0n) is 10.9. The van der Waals surface area contributed by atoms with Crippen molar-refractivity contribution >= 4 is 0 Å². The van der Waals surface area contributed by atoms with Crippen LogP contribution < -0.4 is 10.5 Å². The summed E-state index contributed by atoms with van der Waals surface area (Å²) in [6, 6.07) is 7.27. The first-order chi connectivity index (χ1) is 8.06. The quantitative estimate of drug-likeness (QED) is 0.799. The van der Waals surface area contributed by atoms with Gasteiger partial charge >= 0.3 is 0 Å². The second kappa shape index (κ2) is 6.62. The molecule has 3 heteroatoms. The van der Waals surface area contributed by atoms with Crippen molar-refractivity contribution in [2.24, 2.45) is 11.7 Å². The molecular formula is C14H23NO2. The smallest absolute Gasteiger partial charge is 0.125 e. The molecule has 3 N–H and O–H groups in total. The monoisotopic (exact) mass is 237 g/mol. The van der Waals surface area contributed by atoms with E-state index in [2.05, 4.69) is 13.8 Å². The number of rotatable bonds is 6. The van der Waals surface area contributed by atoms with E-state index in [0.29, 0.717) is 12.5 Å². The van der Waals surface area contributed by atoms with Gasteiger partial charge in [-0.2, -0.15) is 0 Å². The summed E-state index contributed by atoms with van der Waals surface area (Å²) < 4.78 is 5.50. The van der Waals surface area contributed by atoms with Crippen molar-refractivity contribution in [2.75, 3.05) is 6.61 Å². The van der Waals surface area contributed by atoms with Crippen LogP contribution in [0, 0.1) is 5.92 Å². The van der Waals surface area contributed by atoms with Gasteiger partial charge in [0.25, 0.3) is 0 Å². The summed E-state index contributed by atoms with van der Waals surface area (Å²) in [6.45, 7) is 6.71. The van der Waals surface area contributed by atoms with Crippen LogP contribution in [0.3, 0.4) is 0 Å². The lowest BCUT2D eigenvalue weighted by atomic mass is 9.95. The molecule has 96 valence electrons. The van der Waals surface area contributed by atoms with Crippen molar-refractivity contribution in [3.8, 4) is 5.75 Å². The van der Waals surface area contributed by atoms with Crippen molar-refractivity contribution in [1.82, 2.24) is 0 Å². The topological polar surface area (TPSA) is 55.5 Å². The van der Waals surface area contributed by atoms with Crippen LogP contribution in [0.15, 0.2) is 24.3 Å². The molecule has 0 amide bonds. The van der Waals surface area contributed by atoms with Gasteiger partial charge in [0.1, 0.15) is 5.75 Å². The number of nitrogens with two attached hydrogens (primary N) is 1. The molecule has 0 saturated carbocycles. The fraction of sp³-hybridized carbons (Fsp3) is 0.571. The van der Waals surface area contributed by atoms with Crippen LogP contribution in [-0.2, 0) is 0 Å². The molecule has 0 spiro atoms. The number of aliphatic hydroxyl groups is 1. The Bertz CT molecular complexity index is 339. The van der Waals surface area contributed by atoms with Crippen LogP contribution >= 0.6 is 0 Å². The van der Waals surface area contributed by atoms with Crippen LogP contribution in [0.5, 0.6) is 5.75 Å². The first kappa shape index (κ1) is 14.0. The van der Waals surface area contributed by atoms with E-state index >= 15 is 0 Å². The summed E-state index contributed by atoms with van der Waals surface area (Å²) in [7, 11) is 0. The van der Waals surface area contributed by atoms with Gasteiger partial charge in [0.15, 0.2) is 0 Å². The van der Waals surface area contributed by atoms with Crippen molar-refractivity contribution in [3.63, 3.8) is 0 Å². The maximum atomic E-state index is 10.2. The molecule has 0 aliphatic rings. The molecule has 1 aromatic rings. The molecule has 0 radical (unpaired) electrons. The SMILES string of the molecule is CCOc1ccccc1C(O)C(N)CC(C)C. The minimum absolute atomic E-state index is 0.253. The van der Waals surface area contributed by atoms with E-state index in [4.69, 9.17) is 10.5 Å². The molecule has 0 aliphatic carbocycles. The highest BCUT2D eigenvalue weighted by Gasteiger charge is 2.21. The highest BCUT2D eigenvalue weighted by atomic mass is 16.5. The minimum atomic E-state index is -0.667. The number of para-hydroxylation sites is 1. The first-order valence-corrected chi connectivity index (χ1v) is 6.21. The van der Waals surface area contributed by atoms with Gasteiger partial charge in [0.2, 0.25) is 0 Å². The van der Waals surface area contributed by atoms with Gasteiger partial charge in [-0.15, -0.1) is 0 Å². The second-order valence-corrected chi connectivity index (χ2v) is 4.71. The lowest BCUT2D eigenvalue weighted by Crippen LogP contribution is -2.30. The van der Waals surface area contributed by atoms with Crippen molar-refractivity contribution in [3.05, 3.63) is 29.8 Å². The van der Waals surface area contributed by atoms with Gasteiger partial charge in [-0.1, -0.05) is 32.0 Å². The standard InChI is InChI=1S/C14H23NO2/c1-4-17-13-8-6-5-7-11(13)14(16)12(15)9-10(2)3/h5-8,10,12,14,16H,4,9,15H2,1-3H3. The number of benzene rings is 1. The van der Waals surface area contributed by atoms with Crippen LogP contribution in [0.25, 0.3) is 0 Å². The van der Waals surface area contributed by atoms with Gasteiger partial charge < -0.3 is 15.6 Å². The average Bonchev–Trinajstić information content (AvgIpc) is 2.28. The second-order valence-electron chi connectivity index (χ2n) is 4.71. The zero-order valence-corrected chi connectivity index (χ0v) is 10.9. The Morgan fingerprint density at radius 3 is 2.53 bits per heavy atom. The summed E-state index contributed by atoms with van der Waals surface area (Å²) in [4.78, 5) is 0. The molecule has 1 aromatic carbocycles. The Morgan fingerprint density at radius 1 is 1.29 bits per heavy atom. The molecular weight excluding hydrogens is 214 g/mol. The predicted molar refractivity (Wildman–Crippen MR) is 70.0 cm³/mol. The van der Waals surface area contributed by atoms with Gasteiger partial charge in [-0.05, 0) is 25.3 Å². The van der Waals surface area contributed by atoms with Gasteiger partial charge in [0, 0.05) is 11.6 Å². The van der Waals surface area contributed by atoms with Gasteiger partial charge in [-0.3, -0.25) is 0 Å². The van der Waals surface area contributed by atoms with E-state index < -0.39 is 6.10 Å². The lowest BCUT2D eigenvalue weighted by Gasteiger charge is -2.22. The molecule has 0 aliphatic heterocycles. The highest BCUT2D eigenvalue weighted by molar-refractivity contribution is 5.35. The predicted octanol–water partition coefficient (Wildman–Crippen LogP) is 2.49. The summed E-state index contributed by atoms with van der Waals surface area (Å²) in [6.07, 6.45) is 0.127. The normalized spacial score (nSPS) is 14.7. The maximum Gasteiger partial charge on any atom is 0.125 e. The number of ether oxygens (including phenoxy) is 1. The molecule has 0 saturated heterocycles. The number of hydrogen-bond acceptors (Lipinski definition) is 3. The van der Waals surface area contributed by atoms with E-state index in [1.54, 1.807) is 0 Å². The van der Waals surface area contributed by atoms with Crippen molar-refractivity contribution < 1.29 is 9.84 Å². The van der Waals surface area contributed by atoms with E-state index in [1.165, 1.54) is 0 Å². The molecule has 3 nitrogen and oxygen atoms in total. The number of aliphatic hydroxyl groups excluding tert-OH is 1. The highest BCUT2D eigenvalue weighted by Crippen LogP contribution is 2.28. The summed E-state index contributed by atoms with van der Waals surface area (Å²) in [5.41, 5.74) is 6.79. The van der Waals surface area contributed by atoms with Gasteiger partial charge in [-0.25, -0.2) is 0 Å².